The Morgan fingerprint density at radius 1 is 1.17 bits per heavy atom. The monoisotopic (exact) mass is 313 g/mol. The number of hydrogen-bond acceptors (Lipinski definition) is 6. The minimum Gasteiger partial charge on any atom is -0.390 e. The van der Waals surface area contributed by atoms with Crippen molar-refractivity contribution >= 4 is 11.6 Å². The molecule has 0 unspecified atom stereocenters. The van der Waals surface area contributed by atoms with Gasteiger partial charge in [-0.3, -0.25) is 9.78 Å². The molecule has 1 saturated heterocycles. The van der Waals surface area contributed by atoms with E-state index >= 15 is 0 Å². The van der Waals surface area contributed by atoms with E-state index in [0.29, 0.717) is 17.2 Å². The standard InChI is InChI=1S/C16H19N5O2/c1-12(23)20-6-8-21(9-7-20)14-2-3-15(18-10-14)16-17-5-4-13(11-22)19-16/h2-5,10,22H,6-9,11H2,1H3. The lowest BCUT2D eigenvalue weighted by Crippen LogP contribution is -2.48. The molecule has 7 nitrogen and oxygen atoms in total. The molecule has 0 spiro atoms. The molecule has 1 aliphatic rings. The zero-order valence-electron chi connectivity index (χ0n) is 13.0. The second-order valence-electron chi connectivity index (χ2n) is 5.42. The lowest BCUT2D eigenvalue weighted by Gasteiger charge is -2.35. The van der Waals surface area contributed by atoms with Gasteiger partial charge >= 0.3 is 0 Å². The van der Waals surface area contributed by atoms with Crippen molar-refractivity contribution in [3.05, 3.63) is 36.3 Å². The number of aromatic nitrogens is 3. The van der Waals surface area contributed by atoms with E-state index in [1.165, 1.54) is 0 Å². The van der Waals surface area contributed by atoms with Crippen LogP contribution in [0.5, 0.6) is 0 Å². The Hall–Kier alpha value is -2.54. The number of rotatable bonds is 3. The summed E-state index contributed by atoms with van der Waals surface area (Å²) in [6, 6.07) is 5.54. The molecule has 0 aromatic carbocycles. The third-order valence-corrected chi connectivity index (χ3v) is 3.94. The minimum absolute atomic E-state index is 0.117. The van der Waals surface area contributed by atoms with Crippen molar-refractivity contribution in [3.8, 4) is 11.5 Å². The normalized spacial score (nSPS) is 14.9. The van der Waals surface area contributed by atoms with Crippen molar-refractivity contribution < 1.29 is 9.90 Å². The van der Waals surface area contributed by atoms with Crippen LogP contribution in [-0.2, 0) is 11.4 Å². The SMILES string of the molecule is CC(=O)N1CCN(c2ccc(-c3nccc(CO)n3)nc2)CC1. The van der Waals surface area contributed by atoms with Crippen LogP contribution in [-0.4, -0.2) is 57.0 Å². The van der Waals surface area contributed by atoms with E-state index in [4.69, 9.17) is 5.11 Å². The van der Waals surface area contributed by atoms with Crippen LogP contribution in [0.15, 0.2) is 30.6 Å². The predicted molar refractivity (Wildman–Crippen MR) is 85.7 cm³/mol. The summed E-state index contributed by atoms with van der Waals surface area (Å²) in [5, 5.41) is 9.14. The largest absolute Gasteiger partial charge is 0.390 e. The molecule has 0 atom stereocenters. The maximum atomic E-state index is 11.4. The number of amides is 1. The zero-order valence-corrected chi connectivity index (χ0v) is 13.0. The molecule has 7 heteroatoms. The van der Waals surface area contributed by atoms with E-state index in [1.807, 2.05) is 17.0 Å². The molecule has 2 aromatic heterocycles. The number of anilines is 1. The van der Waals surface area contributed by atoms with E-state index in [2.05, 4.69) is 19.9 Å². The van der Waals surface area contributed by atoms with Gasteiger partial charge in [-0.05, 0) is 18.2 Å². The van der Waals surface area contributed by atoms with E-state index in [1.54, 1.807) is 25.4 Å². The first-order valence-corrected chi connectivity index (χ1v) is 7.57. The highest BCUT2D eigenvalue weighted by atomic mass is 16.3. The van der Waals surface area contributed by atoms with Crippen LogP contribution >= 0.6 is 0 Å². The molecule has 1 aliphatic heterocycles. The maximum Gasteiger partial charge on any atom is 0.219 e. The molecule has 0 aliphatic carbocycles. The van der Waals surface area contributed by atoms with Crippen LogP contribution in [0.2, 0.25) is 0 Å². The fraction of sp³-hybridized carbons (Fsp3) is 0.375. The van der Waals surface area contributed by atoms with Gasteiger partial charge in [0.25, 0.3) is 0 Å². The quantitative estimate of drug-likeness (QED) is 0.898. The summed E-state index contributed by atoms with van der Waals surface area (Å²) in [4.78, 5) is 28.3. The molecule has 1 fully saturated rings. The zero-order chi connectivity index (χ0) is 16.2. The Labute approximate surface area is 134 Å². The molecule has 3 rings (SSSR count). The summed E-state index contributed by atoms with van der Waals surface area (Å²) >= 11 is 0. The molecule has 120 valence electrons. The fourth-order valence-electron chi connectivity index (χ4n) is 2.59. The summed E-state index contributed by atoms with van der Waals surface area (Å²) in [6.45, 7) is 4.56. The third kappa shape index (κ3) is 3.45. The smallest absolute Gasteiger partial charge is 0.219 e. The summed E-state index contributed by atoms with van der Waals surface area (Å²) in [5.74, 6) is 0.628. The van der Waals surface area contributed by atoms with Gasteiger partial charge in [-0.15, -0.1) is 0 Å². The predicted octanol–water partition coefficient (Wildman–Crippen LogP) is 0.699. The molecule has 0 bridgehead atoms. The third-order valence-electron chi connectivity index (χ3n) is 3.94. The summed E-state index contributed by atoms with van der Waals surface area (Å²) in [7, 11) is 0. The van der Waals surface area contributed by atoms with Crippen molar-refractivity contribution in [3.63, 3.8) is 0 Å². The van der Waals surface area contributed by atoms with Gasteiger partial charge in [0.1, 0.15) is 5.69 Å². The summed E-state index contributed by atoms with van der Waals surface area (Å²) < 4.78 is 0. The summed E-state index contributed by atoms with van der Waals surface area (Å²) in [5.41, 5.74) is 2.27. The average molecular weight is 313 g/mol. The van der Waals surface area contributed by atoms with Crippen molar-refractivity contribution in [1.82, 2.24) is 19.9 Å². The number of aliphatic hydroxyl groups is 1. The molecule has 0 saturated carbocycles. The number of aliphatic hydroxyl groups excluding tert-OH is 1. The van der Waals surface area contributed by atoms with Gasteiger partial charge < -0.3 is 14.9 Å². The van der Waals surface area contributed by atoms with Crippen molar-refractivity contribution in [2.24, 2.45) is 0 Å². The topological polar surface area (TPSA) is 82.5 Å². The highest BCUT2D eigenvalue weighted by Crippen LogP contribution is 2.19. The Balaban J connectivity index is 1.71. The second-order valence-corrected chi connectivity index (χ2v) is 5.42. The van der Waals surface area contributed by atoms with Gasteiger partial charge in [0.05, 0.1) is 24.2 Å². The minimum atomic E-state index is -0.117. The van der Waals surface area contributed by atoms with Gasteiger partial charge in [-0.2, -0.15) is 0 Å². The first kappa shape index (κ1) is 15.4. The number of carbonyl (C=O) groups excluding carboxylic acids is 1. The van der Waals surface area contributed by atoms with Gasteiger partial charge in [-0.1, -0.05) is 0 Å². The summed E-state index contributed by atoms with van der Waals surface area (Å²) in [6.07, 6.45) is 3.41. The first-order valence-electron chi connectivity index (χ1n) is 7.57. The first-order chi connectivity index (χ1) is 11.2. The Morgan fingerprint density at radius 3 is 2.57 bits per heavy atom. The number of hydrogen-bond donors (Lipinski definition) is 1. The molecule has 2 aromatic rings. The Kier molecular flexibility index (Phi) is 4.47. The van der Waals surface area contributed by atoms with E-state index < -0.39 is 0 Å². The van der Waals surface area contributed by atoms with Crippen LogP contribution in [0.25, 0.3) is 11.5 Å². The van der Waals surface area contributed by atoms with Gasteiger partial charge in [0, 0.05) is 39.3 Å². The van der Waals surface area contributed by atoms with Crippen molar-refractivity contribution in [2.45, 2.75) is 13.5 Å². The van der Waals surface area contributed by atoms with E-state index in [-0.39, 0.29) is 12.5 Å². The Bertz CT molecular complexity index is 681. The number of piperazine rings is 1. The van der Waals surface area contributed by atoms with Crippen LogP contribution < -0.4 is 4.90 Å². The van der Waals surface area contributed by atoms with Gasteiger partial charge in [0.15, 0.2) is 5.82 Å². The average Bonchev–Trinajstić information content (AvgIpc) is 2.62. The molecule has 1 N–H and O–H groups in total. The molecular formula is C16H19N5O2. The maximum absolute atomic E-state index is 11.4. The molecule has 1 amide bonds. The van der Waals surface area contributed by atoms with Crippen LogP contribution in [0, 0.1) is 0 Å². The van der Waals surface area contributed by atoms with E-state index in [9.17, 15) is 4.79 Å². The van der Waals surface area contributed by atoms with Crippen molar-refractivity contribution in [2.75, 3.05) is 31.1 Å². The molecule has 3 heterocycles. The molecular weight excluding hydrogens is 294 g/mol. The highest BCUT2D eigenvalue weighted by Gasteiger charge is 2.19. The lowest BCUT2D eigenvalue weighted by atomic mass is 10.2. The fourth-order valence-corrected chi connectivity index (χ4v) is 2.59. The van der Waals surface area contributed by atoms with Crippen molar-refractivity contribution in [1.29, 1.82) is 0 Å². The molecule has 23 heavy (non-hydrogen) atoms. The number of carbonyl (C=O) groups is 1. The van der Waals surface area contributed by atoms with E-state index in [0.717, 1.165) is 31.9 Å². The molecule has 0 radical (unpaired) electrons. The van der Waals surface area contributed by atoms with Crippen LogP contribution in [0.1, 0.15) is 12.6 Å². The number of pyridine rings is 1. The Morgan fingerprint density at radius 2 is 1.96 bits per heavy atom. The lowest BCUT2D eigenvalue weighted by molar-refractivity contribution is -0.129. The number of nitrogens with zero attached hydrogens (tertiary/aromatic N) is 5. The highest BCUT2D eigenvalue weighted by molar-refractivity contribution is 5.73. The second kappa shape index (κ2) is 6.70. The van der Waals surface area contributed by atoms with Gasteiger partial charge in [-0.25, -0.2) is 9.97 Å². The van der Waals surface area contributed by atoms with Crippen LogP contribution in [0.4, 0.5) is 5.69 Å². The van der Waals surface area contributed by atoms with Crippen LogP contribution in [0.3, 0.4) is 0 Å². The van der Waals surface area contributed by atoms with Gasteiger partial charge in [0.2, 0.25) is 5.91 Å².